The minimum Gasteiger partial charge on any atom is -0.338 e. The fraction of sp³-hybridized carbons (Fsp3) is 0.235. The topological polar surface area (TPSA) is 20.3 Å². The SMILES string of the molecule is CC(C)N1c2ccccc2CC(=O)c2ccccc21. The number of benzene rings is 2. The molecule has 0 amide bonds. The number of para-hydroxylation sites is 2. The molecule has 0 fully saturated rings. The van der Waals surface area contributed by atoms with Gasteiger partial charge in [0.25, 0.3) is 0 Å². The summed E-state index contributed by atoms with van der Waals surface area (Å²) in [6.07, 6.45) is 0.483. The van der Waals surface area contributed by atoms with E-state index in [1.807, 2.05) is 36.4 Å². The molecule has 0 bridgehead atoms. The number of hydrogen-bond donors (Lipinski definition) is 0. The van der Waals surface area contributed by atoms with Crippen molar-refractivity contribution in [1.82, 2.24) is 0 Å². The highest BCUT2D eigenvalue weighted by molar-refractivity contribution is 6.05. The first-order chi connectivity index (χ1) is 9.18. The second-order valence-corrected chi connectivity index (χ2v) is 5.21. The number of hydrogen-bond acceptors (Lipinski definition) is 2. The lowest BCUT2D eigenvalue weighted by molar-refractivity contribution is 0.0994. The molecule has 0 atom stereocenters. The van der Waals surface area contributed by atoms with Crippen LogP contribution in [0.2, 0.25) is 0 Å². The standard InChI is InChI=1S/C17H17NO/c1-12(2)18-15-9-5-3-7-13(15)11-17(19)14-8-4-6-10-16(14)18/h3-10,12H,11H2,1-2H3. The molecule has 0 unspecified atom stereocenters. The smallest absolute Gasteiger partial charge is 0.169 e. The molecule has 1 heterocycles. The van der Waals surface area contributed by atoms with Gasteiger partial charge in [0, 0.05) is 23.7 Å². The van der Waals surface area contributed by atoms with Gasteiger partial charge in [-0.1, -0.05) is 30.3 Å². The van der Waals surface area contributed by atoms with Crippen LogP contribution in [0.1, 0.15) is 29.8 Å². The Morgan fingerprint density at radius 3 is 2.32 bits per heavy atom. The van der Waals surface area contributed by atoms with Gasteiger partial charge in [-0.15, -0.1) is 0 Å². The number of fused-ring (bicyclic) bond motifs is 2. The molecule has 2 heteroatoms. The van der Waals surface area contributed by atoms with Crippen LogP contribution < -0.4 is 4.90 Å². The van der Waals surface area contributed by atoms with Crippen molar-refractivity contribution < 1.29 is 4.79 Å². The van der Waals surface area contributed by atoms with Crippen LogP contribution in [0.5, 0.6) is 0 Å². The summed E-state index contributed by atoms with van der Waals surface area (Å²) in [6.45, 7) is 4.31. The van der Waals surface area contributed by atoms with Crippen LogP contribution in [-0.2, 0) is 6.42 Å². The zero-order valence-electron chi connectivity index (χ0n) is 11.3. The first kappa shape index (κ1) is 12.0. The first-order valence-electron chi connectivity index (χ1n) is 6.68. The van der Waals surface area contributed by atoms with Crippen LogP contribution >= 0.6 is 0 Å². The van der Waals surface area contributed by atoms with Crippen molar-refractivity contribution in [3.8, 4) is 0 Å². The quantitative estimate of drug-likeness (QED) is 0.764. The molecule has 96 valence electrons. The Labute approximate surface area is 113 Å². The van der Waals surface area contributed by atoms with Gasteiger partial charge in [-0.25, -0.2) is 0 Å². The zero-order chi connectivity index (χ0) is 13.4. The maximum Gasteiger partial charge on any atom is 0.169 e. The summed E-state index contributed by atoms with van der Waals surface area (Å²) in [5.74, 6) is 0.200. The molecule has 0 radical (unpaired) electrons. The molecule has 0 saturated carbocycles. The highest BCUT2D eigenvalue weighted by Gasteiger charge is 2.26. The average molecular weight is 251 g/mol. The predicted molar refractivity (Wildman–Crippen MR) is 78.2 cm³/mol. The van der Waals surface area contributed by atoms with Crippen molar-refractivity contribution in [2.45, 2.75) is 26.3 Å². The van der Waals surface area contributed by atoms with E-state index < -0.39 is 0 Å². The Morgan fingerprint density at radius 1 is 0.947 bits per heavy atom. The number of anilines is 2. The van der Waals surface area contributed by atoms with Crippen molar-refractivity contribution >= 4 is 17.2 Å². The first-order valence-corrected chi connectivity index (χ1v) is 6.68. The second kappa shape index (κ2) is 4.54. The third-order valence-corrected chi connectivity index (χ3v) is 3.58. The zero-order valence-corrected chi connectivity index (χ0v) is 11.3. The molecule has 3 rings (SSSR count). The molecular formula is C17H17NO. The van der Waals surface area contributed by atoms with Gasteiger partial charge >= 0.3 is 0 Å². The summed E-state index contributed by atoms with van der Waals surface area (Å²) < 4.78 is 0. The van der Waals surface area contributed by atoms with Gasteiger partial charge in [-0.2, -0.15) is 0 Å². The van der Waals surface area contributed by atoms with Gasteiger partial charge in [-0.05, 0) is 37.6 Å². The monoisotopic (exact) mass is 251 g/mol. The van der Waals surface area contributed by atoms with Crippen molar-refractivity contribution in [2.24, 2.45) is 0 Å². The summed E-state index contributed by atoms with van der Waals surface area (Å²) >= 11 is 0. The number of ketones is 1. The molecule has 2 aromatic carbocycles. The lowest BCUT2D eigenvalue weighted by atomic mass is 10.0. The third-order valence-electron chi connectivity index (χ3n) is 3.58. The molecule has 2 aromatic rings. The van der Waals surface area contributed by atoms with Crippen molar-refractivity contribution in [3.63, 3.8) is 0 Å². The van der Waals surface area contributed by atoms with E-state index in [0.29, 0.717) is 12.5 Å². The molecule has 0 aliphatic carbocycles. The largest absolute Gasteiger partial charge is 0.338 e. The van der Waals surface area contributed by atoms with Gasteiger partial charge in [0.05, 0.1) is 5.69 Å². The lowest BCUT2D eigenvalue weighted by Crippen LogP contribution is -2.26. The minimum absolute atomic E-state index is 0.200. The molecule has 1 aliphatic heterocycles. The number of rotatable bonds is 1. The van der Waals surface area contributed by atoms with Gasteiger partial charge < -0.3 is 4.90 Å². The number of carbonyl (C=O) groups is 1. The Morgan fingerprint density at radius 2 is 1.58 bits per heavy atom. The number of carbonyl (C=O) groups excluding carboxylic acids is 1. The normalized spacial score (nSPS) is 14.1. The molecule has 0 aromatic heterocycles. The fourth-order valence-electron chi connectivity index (χ4n) is 2.77. The van der Waals surface area contributed by atoms with E-state index in [9.17, 15) is 4.79 Å². The maximum absolute atomic E-state index is 12.4. The molecule has 19 heavy (non-hydrogen) atoms. The molecular weight excluding hydrogens is 234 g/mol. The van der Waals surface area contributed by atoms with Crippen molar-refractivity contribution in [3.05, 3.63) is 59.7 Å². The van der Waals surface area contributed by atoms with E-state index >= 15 is 0 Å². The summed E-state index contributed by atoms with van der Waals surface area (Å²) in [5.41, 5.74) is 4.10. The van der Waals surface area contributed by atoms with E-state index in [-0.39, 0.29) is 5.78 Å². The number of nitrogens with zero attached hydrogens (tertiary/aromatic N) is 1. The summed E-state index contributed by atoms with van der Waals surface area (Å²) in [4.78, 5) is 14.7. The van der Waals surface area contributed by atoms with Gasteiger partial charge in [-0.3, -0.25) is 4.79 Å². The lowest BCUT2D eigenvalue weighted by Gasteiger charge is -2.30. The minimum atomic E-state index is 0.200. The van der Waals surface area contributed by atoms with Gasteiger partial charge in [0.1, 0.15) is 0 Å². The third kappa shape index (κ3) is 1.93. The molecule has 2 nitrogen and oxygen atoms in total. The Balaban J connectivity index is 2.29. The van der Waals surface area contributed by atoms with E-state index in [2.05, 4.69) is 30.9 Å². The van der Waals surface area contributed by atoms with E-state index in [4.69, 9.17) is 0 Å². The van der Waals surface area contributed by atoms with Gasteiger partial charge in [0.15, 0.2) is 5.78 Å². The van der Waals surface area contributed by atoms with Crippen molar-refractivity contribution in [2.75, 3.05) is 4.90 Å². The molecule has 0 N–H and O–H groups in total. The second-order valence-electron chi connectivity index (χ2n) is 5.21. The average Bonchev–Trinajstić information content (AvgIpc) is 2.53. The van der Waals surface area contributed by atoms with Gasteiger partial charge in [0.2, 0.25) is 0 Å². The summed E-state index contributed by atoms with van der Waals surface area (Å²) in [7, 11) is 0. The van der Waals surface area contributed by atoms with Crippen molar-refractivity contribution in [1.29, 1.82) is 0 Å². The van der Waals surface area contributed by atoms with Crippen LogP contribution in [0.15, 0.2) is 48.5 Å². The fourth-order valence-corrected chi connectivity index (χ4v) is 2.77. The Kier molecular flexibility index (Phi) is 2.86. The molecule has 1 aliphatic rings. The van der Waals surface area contributed by atoms with E-state index in [1.165, 1.54) is 0 Å². The Hall–Kier alpha value is -2.09. The van der Waals surface area contributed by atoms with Crippen LogP contribution in [-0.4, -0.2) is 11.8 Å². The summed E-state index contributed by atoms with van der Waals surface area (Å²) in [5, 5.41) is 0. The summed E-state index contributed by atoms with van der Waals surface area (Å²) in [6, 6.07) is 16.4. The molecule has 0 spiro atoms. The highest BCUT2D eigenvalue weighted by Crippen LogP contribution is 2.37. The van der Waals surface area contributed by atoms with Crippen LogP contribution in [0.25, 0.3) is 0 Å². The van der Waals surface area contributed by atoms with Crippen LogP contribution in [0, 0.1) is 0 Å². The maximum atomic E-state index is 12.4. The van der Waals surface area contributed by atoms with E-state index in [0.717, 1.165) is 22.5 Å². The predicted octanol–water partition coefficient (Wildman–Crippen LogP) is 3.97. The van der Waals surface area contributed by atoms with E-state index in [1.54, 1.807) is 0 Å². The van der Waals surface area contributed by atoms with Crippen LogP contribution in [0.3, 0.4) is 0 Å². The van der Waals surface area contributed by atoms with Crippen LogP contribution in [0.4, 0.5) is 11.4 Å². The highest BCUT2D eigenvalue weighted by atomic mass is 16.1. The number of Topliss-reactive ketones (excluding diaryl/α,β-unsaturated/α-hetero) is 1. The molecule has 0 saturated heterocycles. The Bertz CT molecular complexity index is 631.